The van der Waals surface area contributed by atoms with Gasteiger partial charge in [-0.25, -0.2) is 0 Å². The van der Waals surface area contributed by atoms with Crippen LogP contribution in [0, 0.1) is 0 Å². The summed E-state index contributed by atoms with van der Waals surface area (Å²) in [4.78, 5) is 7.29. The third-order valence-corrected chi connectivity index (χ3v) is 10.7. The first-order valence-corrected chi connectivity index (χ1v) is 18.2. The van der Waals surface area contributed by atoms with Gasteiger partial charge in [-0.05, 0) is 120 Å². The number of rotatable bonds is 7. The molecule has 7 aromatic rings. The molecule has 0 saturated carbocycles. The number of benzene rings is 7. The molecule has 0 spiro atoms. The van der Waals surface area contributed by atoms with E-state index in [1.165, 1.54) is 56.0 Å². The van der Waals surface area contributed by atoms with Crippen molar-refractivity contribution in [3.8, 4) is 11.1 Å². The summed E-state index contributed by atoms with van der Waals surface area (Å²) >= 11 is 0. The third-order valence-electron chi connectivity index (χ3n) is 10.7. The van der Waals surface area contributed by atoms with Crippen molar-refractivity contribution in [2.75, 3.05) is 14.7 Å². The summed E-state index contributed by atoms with van der Waals surface area (Å²) in [7, 11) is 0. The Kier molecular flexibility index (Phi) is 7.39. The second-order valence-electron chi connectivity index (χ2n) is 13.7. The molecule has 0 N–H and O–H groups in total. The van der Waals surface area contributed by atoms with E-state index in [4.69, 9.17) is 0 Å². The maximum Gasteiger partial charge on any atom is 0.248 e. The molecule has 3 nitrogen and oxygen atoms in total. The molecule has 0 radical (unpaired) electrons. The van der Waals surface area contributed by atoms with E-state index in [2.05, 4.69) is 209 Å². The van der Waals surface area contributed by atoms with Crippen molar-refractivity contribution in [3.05, 3.63) is 200 Å². The van der Waals surface area contributed by atoms with E-state index in [9.17, 15) is 0 Å². The normalized spacial score (nSPS) is 13.6. The first kappa shape index (κ1) is 30.3. The van der Waals surface area contributed by atoms with Gasteiger partial charge in [-0.2, -0.15) is 0 Å². The van der Waals surface area contributed by atoms with Crippen LogP contribution in [0.5, 0.6) is 0 Å². The number of fused-ring (bicyclic) bond motifs is 5. The number of hydrogen-bond donors (Lipinski definition) is 0. The second-order valence-corrected chi connectivity index (χ2v) is 13.7. The summed E-state index contributed by atoms with van der Waals surface area (Å²) in [5.74, 6) is 0. The highest BCUT2D eigenvalue weighted by atomic mass is 15.2. The molecule has 52 heavy (non-hydrogen) atoms. The minimum absolute atomic E-state index is 0.128. The van der Waals surface area contributed by atoms with Crippen molar-refractivity contribution in [2.24, 2.45) is 0 Å². The lowest BCUT2D eigenvalue weighted by molar-refractivity contribution is 0.917. The van der Waals surface area contributed by atoms with E-state index in [1.807, 2.05) is 0 Å². The fourth-order valence-corrected chi connectivity index (χ4v) is 8.46. The molecule has 10 rings (SSSR count). The lowest BCUT2D eigenvalue weighted by Gasteiger charge is -2.37. The SMILES string of the molecule is C1=CCCC(N(c2ccccc2)c2ccc3c(c2)N(c2ccccc2)c2cccc4c2B3c2ccc(N(c3ccccc3)c3ccccc3)cc2-4)=C1. The van der Waals surface area contributed by atoms with Crippen molar-refractivity contribution in [1.82, 2.24) is 0 Å². The van der Waals surface area contributed by atoms with Crippen molar-refractivity contribution in [3.63, 3.8) is 0 Å². The molecule has 0 aromatic heterocycles. The minimum atomic E-state index is 0.128. The zero-order valence-electron chi connectivity index (χ0n) is 28.8. The molecule has 3 aliphatic rings. The maximum atomic E-state index is 2.49. The number of nitrogens with zero attached hydrogens (tertiary/aromatic N) is 3. The standard InChI is InChI=1S/C48H36BN3/c1-6-17-35(18-7-1)50(36-19-8-2-9-20-36)40-29-31-44-43(33-40)42-27-16-28-46-48(42)49(44)45-32-30-41(34-47(45)52(46)39-25-14-5-15-26-39)51(37-21-10-3-11-22-37)38-23-12-4-13-24-38/h1-12,14-23,25-34H,13,24H2. The van der Waals surface area contributed by atoms with Crippen LogP contribution < -0.4 is 31.1 Å². The van der Waals surface area contributed by atoms with Crippen LogP contribution >= 0.6 is 0 Å². The molecule has 0 amide bonds. The van der Waals surface area contributed by atoms with Gasteiger partial charge < -0.3 is 14.7 Å². The van der Waals surface area contributed by atoms with Crippen LogP contribution in [0.1, 0.15) is 12.8 Å². The van der Waals surface area contributed by atoms with Gasteiger partial charge in [0.15, 0.2) is 0 Å². The highest BCUT2D eigenvalue weighted by Gasteiger charge is 2.42. The number of anilines is 8. The Bertz CT molecular complexity index is 2440. The summed E-state index contributed by atoms with van der Waals surface area (Å²) in [6, 6.07) is 64.1. The molecule has 4 heteroatoms. The Hall–Kier alpha value is -6.52. The van der Waals surface area contributed by atoms with Crippen LogP contribution in [0.25, 0.3) is 11.1 Å². The van der Waals surface area contributed by atoms with Crippen LogP contribution in [0.2, 0.25) is 0 Å². The van der Waals surface area contributed by atoms with Gasteiger partial charge in [-0.1, -0.05) is 115 Å². The van der Waals surface area contributed by atoms with E-state index >= 15 is 0 Å². The highest BCUT2D eigenvalue weighted by Crippen LogP contribution is 2.44. The molecular formula is C48H36BN3. The topological polar surface area (TPSA) is 9.72 Å². The van der Waals surface area contributed by atoms with Gasteiger partial charge in [-0.3, -0.25) is 0 Å². The first-order chi connectivity index (χ1) is 25.8. The lowest BCUT2D eigenvalue weighted by Crippen LogP contribution is -2.54. The van der Waals surface area contributed by atoms with E-state index in [0.29, 0.717) is 0 Å². The predicted octanol–water partition coefficient (Wildman–Crippen LogP) is 10.8. The van der Waals surface area contributed by atoms with Crippen LogP contribution in [-0.2, 0) is 0 Å². The number of allylic oxidation sites excluding steroid dienone is 4. The highest BCUT2D eigenvalue weighted by molar-refractivity contribution is 7.01. The Balaban J connectivity index is 1.17. The molecular weight excluding hydrogens is 629 g/mol. The van der Waals surface area contributed by atoms with Gasteiger partial charge in [0, 0.05) is 51.2 Å². The largest absolute Gasteiger partial charge is 0.314 e. The summed E-state index contributed by atoms with van der Waals surface area (Å²) in [6.45, 7) is 0.128. The van der Waals surface area contributed by atoms with Crippen molar-refractivity contribution >= 4 is 68.6 Å². The molecule has 7 aromatic carbocycles. The molecule has 0 bridgehead atoms. The Morgan fingerprint density at radius 1 is 0.462 bits per heavy atom. The van der Waals surface area contributed by atoms with Gasteiger partial charge in [0.2, 0.25) is 6.71 Å². The zero-order valence-corrected chi connectivity index (χ0v) is 28.8. The summed E-state index contributed by atoms with van der Waals surface area (Å²) in [5.41, 5.74) is 17.4. The van der Waals surface area contributed by atoms with E-state index in [-0.39, 0.29) is 6.71 Å². The minimum Gasteiger partial charge on any atom is -0.314 e. The van der Waals surface area contributed by atoms with Crippen LogP contribution in [-0.4, -0.2) is 6.71 Å². The van der Waals surface area contributed by atoms with E-state index in [1.54, 1.807) is 0 Å². The monoisotopic (exact) mass is 665 g/mol. The van der Waals surface area contributed by atoms with Crippen molar-refractivity contribution in [1.29, 1.82) is 0 Å². The fourth-order valence-electron chi connectivity index (χ4n) is 8.46. The van der Waals surface area contributed by atoms with Crippen molar-refractivity contribution in [2.45, 2.75) is 12.8 Å². The molecule has 0 atom stereocenters. The second kappa shape index (κ2) is 12.7. The maximum absolute atomic E-state index is 2.49. The van der Waals surface area contributed by atoms with Crippen LogP contribution in [0.15, 0.2) is 200 Å². The summed E-state index contributed by atoms with van der Waals surface area (Å²) in [6.07, 6.45) is 8.76. The van der Waals surface area contributed by atoms with Crippen LogP contribution in [0.4, 0.5) is 45.5 Å². The smallest absolute Gasteiger partial charge is 0.248 e. The Morgan fingerprint density at radius 2 is 1.06 bits per heavy atom. The van der Waals surface area contributed by atoms with Crippen LogP contribution in [0.3, 0.4) is 0 Å². The summed E-state index contributed by atoms with van der Waals surface area (Å²) < 4.78 is 0. The lowest BCUT2D eigenvalue weighted by atomic mass is 9.37. The summed E-state index contributed by atoms with van der Waals surface area (Å²) in [5, 5.41) is 0. The van der Waals surface area contributed by atoms with Gasteiger partial charge in [0.25, 0.3) is 0 Å². The molecule has 1 aliphatic carbocycles. The number of para-hydroxylation sites is 4. The fraction of sp³-hybridized carbons (Fsp3) is 0.0417. The Labute approximate surface area is 306 Å². The third kappa shape index (κ3) is 4.98. The molecule has 0 fully saturated rings. The van der Waals surface area contributed by atoms with Crippen molar-refractivity contribution < 1.29 is 0 Å². The quantitative estimate of drug-likeness (QED) is 0.157. The Morgan fingerprint density at radius 3 is 1.69 bits per heavy atom. The predicted molar refractivity (Wildman–Crippen MR) is 221 cm³/mol. The molecule has 246 valence electrons. The van der Waals surface area contributed by atoms with E-state index < -0.39 is 0 Å². The molecule has 2 heterocycles. The van der Waals surface area contributed by atoms with Gasteiger partial charge in [-0.15, -0.1) is 0 Å². The van der Waals surface area contributed by atoms with Gasteiger partial charge in [0.05, 0.1) is 0 Å². The zero-order chi connectivity index (χ0) is 34.4. The van der Waals surface area contributed by atoms with Gasteiger partial charge in [0.1, 0.15) is 0 Å². The molecule has 2 aliphatic heterocycles. The van der Waals surface area contributed by atoms with Gasteiger partial charge >= 0.3 is 0 Å². The first-order valence-electron chi connectivity index (χ1n) is 18.2. The average molecular weight is 666 g/mol. The molecule has 0 unspecified atom stereocenters. The number of hydrogen-bond acceptors (Lipinski definition) is 3. The van der Waals surface area contributed by atoms with E-state index in [0.717, 1.165) is 35.6 Å². The molecule has 0 saturated heterocycles. The average Bonchev–Trinajstić information content (AvgIpc) is 3.55.